The van der Waals surface area contributed by atoms with E-state index < -0.39 is 11.7 Å². The van der Waals surface area contributed by atoms with Crippen molar-refractivity contribution >= 4 is 17.0 Å². The van der Waals surface area contributed by atoms with Crippen LogP contribution in [0.15, 0.2) is 30.3 Å². The third kappa shape index (κ3) is 3.95. The van der Waals surface area contributed by atoms with Crippen LogP contribution in [0.2, 0.25) is 0 Å². The number of aryl methyl sites for hydroxylation is 1. The number of ether oxygens (including phenoxy) is 1. The van der Waals surface area contributed by atoms with E-state index in [1.54, 1.807) is 0 Å². The van der Waals surface area contributed by atoms with Crippen LogP contribution in [0.4, 0.5) is 4.79 Å². The van der Waals surface area contributed by atoms with E-state index in [4.69, 9.17) is 10.5 Å². The van der Waals surface area contributed by atoms with E-state index in [9.17, 15) is 4.79 Å². The first-order chi connectivity index (χ1) is 10.3. The average Bonchev–Trinajstić information content (AvgIpc) is 2.42. The lowest BCUT2D eigenvalue weighted by Crippen LogP contribution is -2.37. The topological polar surface area (TPSA) is 77.2 Å². The Labute approximate surface area is 130 Å². The quantitative estimate of drug-likeness (QED) is 0.913. The first-order valence-corrected chi connectivity index (χ1v) is 7.36. The molecule has 0 fully saturated rings. The summed E-state index contributed by atoms with van der Waals surface area (Å²) in [6.07, 6.45) is -0.471. The number of hydrogen-bond donors (Lipinski definition) is 2. The van der Waals surface area contributed by atoms with Gasteiger partial charge in [0, 0.05) is 17.6 Å². The van der Waals surface area contributed by atoms with Gasteiger partial charge in [0.25, 0.3) is 0 Å². The van der Waals surface area contributed by atoms with E-state index in [0.29, 0.717) is 0 Å². The minimum Gasteiger partial charge on any atom is -0.444 e. The van der Waals surface area contributed by atoms with Crippen molar-refractivity contribution in [3.63, 3.8) is 0 Å². The molecule has 2 rings (SSSR count). The van der Waals surface area contributed by atoms with Gasteiger partial charge in [-0.05, 0) is 45.4 Å². The number of hydrogen-bond acceptors (Lipinski definition) is 4. The molecule has 0 saturated heterocycles. The van der Waals surface area contributed by atoms with Gasteiger partial charge in [-0.25, -0.2) is 4.79 Å². The Balaban J connectivity index is 2.33. The van der Waals surface area contributed by atoms with Crippen LogP contribution in [-0.2, 0) is 4.74 Å². The van der Waals surface area contributed by atoms with Crippen molar-refractivity contribution in [1.29, 1.82) is 0 Å². The number of aromatic nitrogens is 1. The molecule has 3 N–H and O–H groups in total. The van der Waals surface area contributed by atoms with Crippen LogP contribution in [0.1, 0.15) is 38.1 Å². The zero-order chi connectivity index (χ0) is 16.3. The number of carbonyl (C=O) groups is 1. The summed E-state index contributed by atoms with van der Waals surface area (Å²) in [5.41, 5.74) is 8.06. The molecule has 0 aliphatic heterocycles. The highest BCUT2D eigenvalue weighted by molar-refractivity contribution is 5.83. The number of nitrogens with two attached hydrogens (primary N) is 1. The van der Waals surface area contributed by atoms with Crippen molar-refractivity contribution in [3.8, 4) is 0 Å². The molecule has 5 nitrogen and oxygen atoms in total. The number of benzene rings is 1. The first kappa shape index (κ1) is 16.2. The fourth-order valence-electron chi connectivity index (χ4n) is 2.34. The molecule has 22 heavy (non-hydrogen) atoms. The van der Waals surface area contributed by atoms with E-state index in [0.717, 1.165) is 22.2 Å². The molecule has 1 atom stereocenters. The van der Waals surface area contributed by atoms with Crippen LogP contribution in [0.3, 0.4) is 0 Å². The minimum atomic E-state index is -0.542. The summed E-state index contributed by atoms with van der Waals surface area (Å²) in [5, 5.41) is 3.83. The van der Waals surface area contributed by atoms with Gasteiger partial charge in [0.2, 0.25) is 0 Å². The van der Waals surface area contributed by atoms with Crippen LogP contribution >= 0.6 is 0 Å². The highest BCUT2D eigenvalue weighted by atomic mass is 16.6. The maximum Gasteiger partial charge on any atom is 0.408 e. The van der Waals surface area contributed by atoms with Crippen molar-refractivity contribution in [2.75, 3.05) is 6.54 Å². The second kappa shape index (κ2) is 6.32. The lowest BCUT2D eigenvalue weighted by Gasteiger charge is -2.24. The Morgan fingerprint density at radius 3 is 2.68 bits per heavy atom. The van der Waals surface area contributed by atoms with Crippen LogP contribution in [0, 0.1) is 6.92 Å². The number of carbonyl (C=O) groups excluding carboxylic acids is 1. The number of rotatable bonds is 3. The van der Waals surface area contributed by atoms with Gasteiger partial charge in [-0.3, -0.25) is 4.98 Å². The molecular formula is C17H23N3O2. The van der Waals surface area contributed by atoms with Crippen LogP contribution in [-0.4, -0.2) is 23.2 Å². The largest absolute Gasteiger partial charge is 0.444 e. The predicted octanol–water partition coefficient (Wildman–Crippen LogP) is 3.07. The number of alkyl carbamates (subject to hydrolysis) is 1. The molecule has 1 amide bonds. The maximum absolute atomic E-state index is 12.0. The molecule has 0 radical (unpaired) electrons. The summed E-state index contributed by atoms with van der Waals surface area (Å²) in [6.45, 7) is 7.70. The van der Waals surface area contributed by atoms with Gasteiger partial charge in [-0.2, -0.15) is 0 Å². The number of para-hydroxylation sites is 1. The van der Waals surface area contributed by atoms with E-state index in [1.807, 2.05) is 58.0 Å². The van der Waals surface area contributed by atoms with Crippen LogP contribution in [0.5, 0.6) is 0 Å². The monoisotopic (exact) mass is 301 g/mol. The van der Waals surface area contributed by atoms with E-state index in [-0.39, 0.29) is 12.6 Å². The summed E-state index contributed by atoms with van der Waals surface area (Å²) in [7, 11) is 0. The molecule has 1 heterocycles. The number of nitrogens with zero attached hydrogens (tertiary/aromatic N) is 1. The van der Waals surface area contributed by atoms with Crippen molar-refractivity contribution in [3.05, 3.63) is 41.6 Å². The van der Waals surface area contributed by atoms with Crippen molar-refractivity contribution < 1.29 is 9.53 Å². The van der Waals surface area contributed by atoms with Gasteiger partial charge in [-0.15, -0.1) is 0 Å². The number of pyridine rings is 1. The smallest absolute Gasteiger partial charge is 0.408 e. The van der Waals surface area contributed by atoms with Crippen molar-refractivity contribution in [1.82, 2.24) is 10.3 Å². The minimum absolute atomic E-state index is 0.284. The molecule has 0 spiro atoms. The molecule has 118 valence electrons. The molecule has 0 aliphatic carbocycles. The zero-order valence-corrected chi connectivity index (χ0v) is 13.5. The van der Waals surface area contributed by atoms with E-state index in [2.05, 4.69) is 10.3 Å². The Hall–Kier alpha value is -2.14. The van der Waals surface area contributed by atoms with E-state index >= 15 is 0 Å². The van der Waals surface area contributed by atoms with Gasteiger partial charge in [-0.1, -0.05) is 18.2 Å². The average molecular weight is 301 g/mol. The number of amides is 1. The summed E-state index contributed by atoms with van der Waals surface area (Å²) in [4.78, 5) is 16.5. The van der Waals surface area contributed by atoms with Gasteiger partial charge >= 0.3 is 6.09 Å². The molecular weight excluding hydrogens is 278 g/mol. The fourth-order valence-corrected chi connectivity index (χ4v) is 2.34. The van der Waals surface area contributed by atoms with Crippen molar-refractivity contribution in [2.45, 2.75) is 39.3 Å². The van der Waals surface area contributed by atoms with Crippen LogP contribution in [0.25, 0.3) is 10.9 Å². The van der Waals surface area contributed by atoms with Crippen molar-refractivity contribution in [2.24, 2.45) is 5.73 Å². The SMILES string of the molecule is Cc1cc(C(CN)NC(=O)OC(C)(C)C)c2ccccc2n1. The third-order valence-electron chi connectivity index (χ3n) is 3.18. The van der Waals surface area contributed by atoms with Gasteiger partial charge in [0.15, 0.2) is 0 Å². The Morgan fingerprint density at radius 2 is 2.05 bits per heavy atom. The summed E-state index contributed by atoms with van der Waals surface area (Å²) in [6, 6.07) is 9.46. The molecule has 0 aliphatic rings. The zero-order valence-electron chi connectivity index (χ0n) is 13.5. The fraction of sp³-hybridized carbons (Fsp3) is 0.412. The molecule has 2 aromatic rings. The Bertz CT molecular complexity index is 677. The second-order valence-corrected chi connectivity index (χ2v) is 6.30. The maximum atomic E-state index is 12.0. The standard InChI is InChI=1S/C17H23N3O2/c1-11-9-13(12-7-5-6-8-14(12)19-11)15(10-18)20-16(21)22-17(2,3)4/h5-9,15H,10,18H2,1-4H3,(H,20,21). The van der Waals surface area contributed by atoms with E-state index in [1.165, 1.54) is 0 Å². The third-order valence-corrected chi connectivity index (χ3v) is 3.18. The second-order valence-electron chi connectivity index (χ2n) is 6.30. The molecule has 1 aromatic heterocycles. The molecule has 1 aromatic carbocycles. The predicted molar refractivity (Wildman–Crippen MR) is 87.6 cm³/mol. The molecule has 0 saturated carbocycles. The van der Waals surface area contributed by atoms with Gasteiger partial charge < -0.3 is 15.8 Å². The van der Waals surface area contributed by atoms with Gasteiger partial charge in [0.1, 0.15) is 5.60 Å². The number of nitrogens with one attached hydrogen (secondary N) is 1. The lowest BCUT2D eigenvalue weighted by molar-refractivity contribution is 0.0505. The highest BCUT2D eigenvalue weighted by Gasteiger charge is 2.21. The molecule has 5 heteroatoms. The lowest BCUT2D eigenvalue weighted by atomic mass is 10.0. The normalized spacial score (nSPS) is 13.0. The molecule has 0 bridgehead atoms. The number of fused-ring (bicyclic) bond motifs is 1. The summed E-state index contributed by atoms with van der Waals surface area (Å²) >= 11 is 0. The molecule has 1 unspecified atom stereocenters. The Morgan fingerprint density at radius 1 is 1.36 bits per heavy atom. The highest BCUT2D eigenvalue weighted by Crippen LogP contribution is 2.24. The van der Waals surface area contributed by atoms with Gasteiger partial charge in [0.05, 0.1) is 11.6 Å². The first-order valence-electron chi connectivity index (χ1n) is 7.36. The summed E-state index contributed by atoms with van der Waals surface area (Å²) in [5.74, 6) is 0. The Kier molecular flexibility index (Phi) is 4.66. The van der Waals surface area contributed by atoms with Crippen LogP contribution < -0.4 is 11.1 Å². The summed E-state index contributed by atoms with van der Waals surface area (Å²) < 4.78 is 5.31.